The number of carbonyl (C=O) groups excluding carboxylic acids is 6. The Kier molecular flexibility index (Phi) is 10.00. The van der Waals surface area contributed by atoms with Crippen LogP contribution in [0.25, 0.3) is 0 Å². The monoisotopic (exact) mass is 682 g/mol. The number of nitrogens with two attached hydrogens (primary N) is 1. The fraction of sp³-hybridized carbons (Fsp3) is 0.686. The Morgan fingerprint density at radius 3 is 2.24 bits per heavy atom. The lowest BCUT2D eigenvalue weighted by molar-refractivity contribution is -0.605. The minimum Gasteiger partial charge on any atom is -0.619 e. The van der Waals surface area contributed by atoms with E-state index in [9.17, 15) is 34.0 Å². The molecule has 49 heavy (non-hydrogen) atoms. The summed E-state index contributed by atoms with van der Waals surface area (Å²) in [5.41, 5.74) is 3.62. The first-order valence-corrected chi connectivity index (χ1v) is 17.3. The highest BCUT2D eigenvalue weighted by molar-refractivity contribution is 6.37. The molecule has 2 heterocycles. The zero-order valence-corrected chi connectivity index (χ0v) is 29.1. The van der Waals surface area contributed by atoms with Gasteiger partial charge in [0, 0.05) is 24.2 Å². The van der Waals surface area contributed by atoms with Crippen LogP contribution in [0.5, 0.6) is 0 Å². The number of hydrogen-bond acceptors (Lipinski definition) is 8. The largest absolute Gasteiger partial charge is 0.619 e. The first-order valence-electron chi connectivity index (χ1n) is 17.3. The van der Waals surface area contributed by atoms with Crippen molar-refractivity contribution >= 4 is 35.5 Å². The van der Waals surface area contributed by atoms with Gasteiger partial charge in [-0.2, -0.15) is 4.73 Å². The summed E-state index contributed by atoms with van der Waals surface area (Å²) in [6.45, 7) is 9.71. The summed E-state index contributed by atoms with van der Waals surface area (Å²) >= 11 is 0. The summed E-state index contributed by atoms with van der Waals surface area (Å²) in [7, 11) is 0. The second kappa shape index (κ2) is 13.6. The normalized spacial score (nSPS) is 24.8. The molecule has 5 rings (SSSR count). The molecular weight excluding hydrogens is 632 g/mol. The van der Waals surface area contributed by atoms with Gasteiger partial charge < -0.3 is 36.5 Å². The van der Waals surface area contributed by atoms with Crippen molar-refractivity contribution in [3.63, 3.8) is 0 Å². The Morgan fingerprint density at radius 1 is 1.04 bits per heavy atom. The number of amides is 5. The van der Waals surface area contributed by atoms with Crippen LogP contribution in [-0.4, -0.2) is 70.6 Å². The molecule has 268 valence electrons. The molecule has 1 unspecified atom stereocenters. The Balaban J connectivity index is 1.31. The number of carbonyl (C=O) groups is 6. The van der Waals surface area contributed by atoms with Crippen molar-refractivity contribution in [3.8, 4) is 0 Å². The third kappa shape index (κ3) is 7.83. The van der Waals surface area contributed by atoms with Crippen molar-refractivity contribution in [2.24, 2.45) is 34.3 Å². The highest BCUT2D eigenvalue weighted by Gasteiger charge is 2.70. The zero-order chi connectivity index (χ0) is 35.9. The van der Waals surface area contributed by atoms with E-state index in [-0.39, 0.29) is 29.8 Å². The topological polar surface area (TPSA) is 204 Å². The van der Waals surface area contributed by atoms with E-state index in [1.165, 1.54) is 17.3 Å². The van der Waals surface area contributed by atoms with Crippen molar-refractivity contribution in [1.82, 2.24) is 20.9 Å². The summed E-state index contributed by atoms with van der Waals surface area (Å²) < 4.78 is 6.24. The van der Waals surface area contributed by atoms with Crippen molar-refractivity contribution in [2.75, 3.05) is 6.54 Å². The Labute approximate surface area is 286 Å². The first kappa shape index (κ1) is 36.1. The van der Waals surface area contributed by atoms with E-state index >= 15 is 0 Å². The maximum Gasteiger partial charge on any atom is 0.332 e. The van der Waals surface area contributed by atoms with Crippen LogP contribution < -0.4 is 26.4 Å². The average molecular weight is 683 g/mol. The number of primary amides is 1. The van der Waals surface area contributed by atoms with Crippen molar-refractivity contribution < 1.29 is 38.2 Å². The van der Waals surface area contributed by atoms with Gasteiger partial charge >= 0.3 is 12.0 Å². The Hall–Kier alpha value is -4.23. The van der Waals surface area contributed by atoms with Gasteiger partial charge in [-0.25, -0.2) is 9.59 Å². The number of fused-ring (bicyclic) bond motifs is 1. The predicted molar refractivity (Wildman–Crippen MR) is 176 cm³/mol. The highest BCUT2D eigenvalue weighted by Crippen LogP contribution is 2.65. The number of hydrogen-bond donors (Lipinski definition) is 4. The fourth-order valence-electron chi connectivity index (χ4n) is 7.72. The molecule has 5 amide bonds. The summed E-state index contributed by atoms with van der Waals surface area (Å²) in [4.78, 5) is 81.4. The minimum atomic E-state index is -1.30. The molecule has 5 N–H and O–H groups in total. The third-order valence-electron chi connectivity index (χ3n) is 11.0. The summed E-state index contributed by atoms with van der Waals surface area (Å²) in [6, 6.07) is -0.646. The molecule has 3 aliphatic carbocycles. The molecule has 1 aliphatic heterocycles. The molecule has 1 aromatic rings. The number of pyridine rings is 1. The lowest BCUT2D eigenvalue weighted by Crippen LogP contribution is -2.64. The molecule has 4 fully saturated rings. The maximum absolute atomic E-state index is 14.4. The van der Waals surface area contributed by atoms with Gasteiger partial charge in [0.1, 0.15) is 24.2 Å². The van der Waals surface area contributed by atoms with Crippen LogP contribution in [-0.2, 0) is 35.3 Å². The van der Waals surface area contributed by atoms with Crippen LogP contribution in [0.3, 0.4) is 0 Å². The summed E-state index contributed by atoms with van der Waals surface area (Å²) in [5.74, 6) is -3.44. The molecular formula is C35H50N6O8. The molecule has 0 bridgehead atoms. The van der Waals surface area contributed by atoms with Gasteiger partial charge in [-0.05, 0) is 47.8 Å². The highest BCUT2D eigenvalue weighted by atomic mass is 16.5. The fourth-order valence-corrected chi connectivity index (χ4v) is 7.72. The third-order valence-corrected chi connectivity index (χ3v) is 11.0. The van der Waals surface area contributed by atoms with Gasteiger partial charge in [-0.15, -0.1) is 0 Å². The summed E-state index contributed by atoms with van der Waals surface area (Å²) in [6.07, 6.45) is 7.75. The molecule has 14 heteroatoms. The van der Waals surface area contributed by atoms with Gasteiger partial charge in [-0.1, -0.05) is 66.7 Å². The van der Waals surface area contributed by atoms with Crippen LogP contribution in [0.15, 0.2) is 24.5 Å². The van der Waals surface area contributed by atoms with Gasteiger partial charge in [0.25, 0.3) is 5.91 Å². The number of aromatic nitrogens is 1. The van der Waals surface area contributed by atoms with Crippen molar-refractivity contribution in [2.45, 2.75) is 116 Å². The Morgan fingerprint density at radius 2 is 1.67 bits per heavy atom. The van der Waals surface area contributed by atoms with E-state index in [1.807, 2.05) is 13.8 Å². The number of piperidine rings is 1. The molecule has 5 atom stereocenters. The van der Waals surface area contributed by atoms with E-state index < -0.39 is 64.6 Å². The molecule has 14 nitrogen and oxygen atoms in total. The number of likely N-dealkylation sites (tertiary alicyclic amines) is 1. The first-order chi connectivity index (χ1) is 22.9. The minimum absolute atomic E-state index is 0.0408. The zero-order valence-electron chi connectivity index (χ0n) is 29.1. The van der Waals surface area contributed by atoms with Crippen LogP contribution >= 0.6 is 0 Å². The number of rotatable bonds is 12. The molecule has 0 spiro atoms. The number of esters is 1. The van der Waals surface area contributed by atoms with E-state index in [2.05, 4.69) is 16.0 Å². The van der Waals surface area contributed by atoms with E-state index in [4.69, 9.17) is 10.5 Å². The van der Waals surface area contributed by atoms with E-state index in [0.717, 1.165) is 19.3 Å². The number of urea groups is 1. The van der Waals surface area contributed by atoms with Gasteiger partial charge in [0.15, 0.2) is 12.4 Å². The standard InChI is InChI=1S/C35H50N6O8/c1-33(2,3)27(38-32(47)39-35(13-7-6-8-14-35)31(46)49-19-21-11-15-40(48)16-12-21)30(45)41-18-22-24(34(22,4)5)25(41)29(44)37-23(17-20-9-10-20)26(42)28(36)43/h11-12,15-16,20,22-25,27H,6-10,13-14,17-19H2,1-5H3,(H2,36,43)(H,37,44)(H2,38,39,47)/t22-,23?,24-,25-,27+/m0/s1. The van der Waals surface area contributed by atoms with Crippen LogP contribution in [0, 0.1) is 33.8 Å². The van der Waals surface area contributed by atoms with Crippen LogP contribution in [0.2, 0.25) is 0 Å². The van der Waals surface area contributed by atoms with Gasteiger partial charge in [-0.3, -0.25) is 19.2 Å². The number of ether oxygens (including phenoxy) is 1. The van der Waals surface area contributed by atoms with Gasteiger partial charge in [0.2, 0.25) is 17.6 Å². The number of nitrogens with zero attached hydrogens (tertiary/aromatic N) is 2. The molecule has 1 saturated heterocycles. The average Bonchev–Trinajstić information content (AvgIpc) is 3.89. The lowest BCUT2D eigenvalue weighted by Gasteiger charge is -2.39. The summed E-state index contributed by atoms with van der Waals surface area (Å²) in [5, 5.41) is 19.8. The van der Waals surface area contributed by atoms with Crippen LogP contribution in [0.4, 0.5) is 4.79 Å². The lowest BCUT2D eigenvalue weighted by atomic mass is 9.81. The quantitative estimate of drug-likeness (QED) is 0.110. The molecule has 3 saturated carbocycles. The van der Waals surface area contributed by atoms with E-state index in [0.29, 0.717) is 48.9 Å². The molecule has 4 aliphatic rings. The number of Topliss-reactive ketones (excluding diaryl/α,β-unsaturated/α-hetero) is 1. The predicted octanol–water partition coefficient (Wildman–Crippen LogP) is 1.60. The van der Waals surface area contributed by atoms with E-state index in [1.54, 1.807) is 32.9 Å². The second-order valence-corrected chi connectivity index (χ2v) is 16.0. The smallest absolute Gasteiger partial charge is 0.332 e. The van der Waals surface area contributed by atoms with Crippen molar-refractivity contribution in [3.05, 3.63) is 35.3 Å². The SMILES string of the molecule is CC(C)(C)[C@H](NC(=O)NC1(C(=O)OCc2cc[n+]([O-])cc2)CCCCC1)C(=O)N1C[C@H]2[C@@H]([C@H]1C(=O)NC(CC1CC1)C(=O)C(N)=O)C2(C)C. The maximum atomic E-state index is 14.4. The number of ketones is 1. The van der Waals surface area contributed by atoms with Crippen LogP contribution in [0.1, 0.15) is 91.5 Å². The molecule has 1 aromatic heterocycles. The Bertz CT molecular complexity index is 1480. The van der Waals surface area contributed by atoms with Gasteiger partial charge in [0.05, 0.1) is 6.04 Å². The second-order valence-electron chi connectivity index (χ2n) is 16.0. The molecule has 0 radical (unpaired) electrons. The van der Waals surface area contributed by atoms with Crippen molar-refractivity contribution in [1.29, 1.82) is 0 Å². The molecule has 0 aromatic carbocycles. The number of nitrogens with one attached hydrogen (secondary N) is 3.